The number of benzene rings is 1. The molecule has 2 N–H and O–H groups in total. The van der Waals surface area contributed by atoms with E-state index in [9.17, 15) is 13.0 Å². The first-order valence-electron chi connectivity index (χ1n) is 6.67. The van der Waals surface area contributed by atoms with Crippen molar-refractivity contribution in [2.45, 2.75) is 35.2 Å². The van der Waals surface area contributed by atoms with Gasteiger partial charge in [0.1, 0.15) is 9.71 Å². The minimum absolute atomic E-state index is 0.00314. The molecule has 1 saturated carbocycles. The van der Waals surface area contributed by atoms with Gasteiger partial charge in [-0.05, 0) is 31.4 Å². The first-order valence-corrected chi connectivity index (χ1v) is 9.18. The van der Waals surface area contributed by atoms with Gasteiger partial charge in [-0.2, -0.15) is 5.10 Å². The molecule has 1 fully saturated rings. The Morgan fingerprint density at radius 3 is 3.00 bits per heavy atom. The van der Waals surface area contributed by atoms with Crippen LogP contribution in [-0.4, -0.2) is 25.0 Å². The molecule has 0 radical (unpaired) electrons. The minimum atomic E-state index is -1.37. The number of hydrogen-bond donors (Lipinski definition) is 2. The second-order valence-electron chi connectivity index (χ2n) is 5.38. The van der Waals surface area contributed by atoms with E-state index < -0.39 is 26.8 Å². The van der Waals surface area contributed by atoms with Crippen molar-refractivity contribution in [3.05, 3.63) is 28.9 Å². The predicted molar refractivity (Wildman–Crippen MR) is 87.0 cm³/mol. The molecule has 0 amide bonds. The number of ketones is 1. The number of alkyl halides is 1. The monoisotopic (exact) mass is 420 g/mol. The number of hydrogen-bond acceptors (Lipinski definition) is 4. The Morgan fingerprint density at radius 1 is 1.43 bits per heavy atom. The Balaban J connectivity index is 2.06. The van der Waals surface area contributed by atoms with Crippen LogP contribution in [0.15, 0.2) is 18.3 Å². The number of fused-ring (bicyclic) bond motifs is 1. The number of aromatic amines is 1. The van der Waals surface area contributed by atoms with E-state index in [1.165, 1.54) is 0 Å². The summed E-state index contributed by atoms with van der Waals surface area (Å²) in [7, 11) is 0. The fourth-order valence-electron chi connectivity index (χ4n) is 2.89. The fraction of sp³-hybridized carbons (Fsp3) is 0.429. The summed E-state index contributed by atoms with van der Waals surface area (Å²) in [6, 6.07) is 3.50. The molecular formula is C14H14ClIN2O3. The SMILES string of the molecule is O=IC1CCC(O)(c2cc(Cl)cc3cn[nH]c23)CCC1=O. The van der Waals surface area contributed by atoms with E-state index in [0.717, 1.165) is 10.9 Å². The largest absolute Gasteiger partial charge is 0.385 e. The van der Waals surface area contributed by atoms with E-state index in [4.69, 9.17) is 11.6 Å². The lowest BCUT2D eigenvalue weighted by atomic mass is 9.85. The molecule has 2 atom stereocenters. The Kier molecular flexibility index (Phi) is 4.11. The van der Waals surface area contributed by atoms with Gasteiger partial charge in [0.15, 0.2) is 21.2 Å². The number of nitrogens with zero attached hydrogens (tertiary/aromatic N) is 1. The molecule has 2 unspecified atom stereocenters. The van der Waals surface area contributed by atoms with Gasteiger partial charge in [0.2, 0.25) is 0 Å². The van der Waals surface area contributed by atoms with Crippen LogP contribution in [-0.2, 0) is 13.5 Å². The maximum absolute atomic E-state index is 11.9. The van der Waals surface area contributed by atoms with Crippen LogP contribution in [0.3, 0.4) is 0 Å². The maximum atomic E-state index is 11.9. The lowest BCUT2D eigenvalue weighted by Gasteiger charge is -2.27. The zero-order valence-corrected chi connectivity index (χ0v) is 14.0. The molecule has 21 heavy (non-hydrogen) atoms. The van der Waals surface area contributed by atoms with Gasteiger partial charge < -0.3 is 5.11 Å². The van der Waals surface area contributed by atoms with E-state index in [2.05, 4.69) is 10.2 Å². The van der Waals surface area contributed by atoms with Crippen LogP contribution in [0.5, 0.6) is 0 Å². The normalized spacial score (nSPS) is 27.0. The molecule has 0 spiro atoms. The van der Waals surface area contributed by atoms with Crippen molar-refractivity contribution in [3.63, 3.8) is 0 Å². The van der Waals surface area contributed by atoms with E-state index >= 15 is 0 Å². The van der Waals surface area contributed by atoms with Crippen molar-refractivity contribution >= 4 is 49.5 Å². The lowest BCUT2D eigenvalue weighted by Crippen LogP contribution is -2.25. The number of Topliss-reactive ketones (excluding diaryl/α,β-unsaturated/α-hetero) is 1. The van der Waals surface area contributed by atoms with Gasteiger partial charge in [-0.1, -0.05) is 11.6 Å². The van der Waals surface area contributed by atoms with Crippen LogP contribution in [0.25, 0.3) is 10.9 Å². The second kappa shape index (κ2) is 5.73. The van der Waals surface area contributed by atoms with E-state index in [-0.39, 0.29) is 16.1 Å². The van der Waals surface area contributed by atoms with E-state index in [1.54, 1.807) is 18.3 Å². The summed E-state index contributed by atoms with van der Waals surface area (Å²) in [5.74, 6) is -0.00314. The number of H-pyrrole nitrogens is 1. The molecule has 0 saturated heterocycles. The number of carbonyl (C=O) groups is 1. The molecule has 0 aliphatic heterocycles. The summed E-state index contributed by atoms with van der Waals surface area (Å²) in [6.07, 6.45) is 3.07. The molecule has 5 nitrogen and oxygen atoms in total. The van der Waals surface area contributed by atoms with Crippen molar-refractivity contribution in [1.29, 1.82) is 0 Å². The molecule has 112 valence electrons. The number of halogens is 2. The average molecular weight is 421 g/mol. The van der Waals surface area contributed by atoms with Crippen LogP contribution < -0.4 is 0 Å². The Morgan fingerprint density at radius 2 is 2.24 bits per heavy atom. The van der Waals surface area contributed by atoms with Crippen molar-refractivity contribution in [2.24, 2.45) is 0 Å². The molecule has 3 rings (SSSR count). The fourth-order valence-corrected chi connectivity index (χ4v) is 4.28. The van der Waals surface area contributed by atoms with Gasteiger partial charge in [-0.15, -0.1) is 0 Å². The van der Waals surface area contributed by atoms with E-state index in [1.807, 2.05) is 0 Å². The second-order valence-corrected chi connectivity index (χ2v) is 7.83. The van der Waals surface area contributed by atoms with Crippen molar-refractivity contribution < 1.29 is 13.0 Å². The van der Waals surface area contributed by atoms with Crippen molar-refractivity contribution in [2.75, 3.05) is 0 Å². The highest BCUT2D eigenvalue weighted by Crippen LogP contribution is 2.40. The quantitative estimate of drug-likeness (QED) is 0.444. The van der Waals surface area contributed by atoms with Crippen LogP contribution in [0.1, 0.15) is 31.2 Å². The van der Waals surface area contributed by atoms with Gasteiger partial charge in [0.25, 0.3) is 0 Å². The van der Waals surface area contributed by atoms with Crippen molar-refractivity contribution in [3.8, 4) is 0 Å². The smallest absolute Gasteiger partial charge is 0.155 e. The highest BCUT2D eigenvalue weighted by molar-refractivity contribution is 14.1. The van der Waals surface area contributed by atoms with Crippen LogP contribution >= 0.6 is 32.8 Å². The van der Waals surface area contributed by atoms with Crippen molar-refractivity contribution in [1.82, 2.24) is 10.2 Å². The highest BCUT2D eigenvalue weighted by atomic mass is 127. The van der Waals surface area contributed by atoms with Gasteiger partial charge in [-0.3, -0.25) is 13.0 Å². The highest BCUT2D eigenvalue weighted by Gasteiger charge is 2.37. The molecule has 0 bridgehead atoms. The van der Waals surface area contributed by atoms with Crippen LogP contribution in [0.4, 0.5) is 0 Å². The third kappa shape index (κ3) is 2.76. The number of nitrogens with one attached hydrogen (secondary N) is 1. The maximum Gasteiger partial charge on any atom is 0.155 e. The third-order valence-corrected chi connectivity index (χ3v) is 6.22. The predicted octanol–water partition coefficient (Wildman–Crippen LogP) is 3.23. The summed E-state index contributed by atoms with van der Waals surface area (Å²) >= 11 is 4.75. The van der Waals surface area contributed by atoms with Crippen LogP contribution in [0, 0.1) is 0 Å². The summed E-state index contributed by atoms with van der Waals surface area (Å²) < 4.78 is 10.8. The molecule has 1 aromatic heterocycles. The molecule has 2 aromatic rings. The van der Waals surface area contributed by atoms with Gasteiger partial charge in [0.05, 0.1) is 17.3 Å². The van der Waals surface area contributed by atoms with Gasteiger partial charge in [-0.25, -0.2) is 0 Å². The van der Waals surface area contributed by atoms with Crippen LogP contribution in [0.2, 0.25) is 5.02 Å². The number of aliphatic hydroxyl groups is 1. The summed E-state index contributed by atoms with van der Waals surface area (Å²) in [5.41, 5.74) is 0.267. The summed E-state index contributed by atoms with van der Waals surface area (Å²) in [5, 5.41) is 19.3. The lowest BCUT2D eigenvalue weighted by molar-refractivity contribution is -0.118. The number of carbonyl (C=O) groups excluding carboxylic acids is 1. The average Bonchev–Trinajstić information content (AvgIpc) is 2.86. The van der Waals surface area contributed by atoms with Gasteiger partial charge in [0, 0.05) is 22.4 Å². The number of aromatic nitrogens is 2. The topological polar surface area (TPSA) is 83.0 Å². The Bertz CT molecular complexity index is 717. The third-order valence-electron chi connectivity index (χ3n) is 4.07. The molecular weight excluding hydrogens is 407 g/mol. The minimum Gasteiger partial charge on any atom is -0.385 e. The Labute approximate surface area is 136 Å². The zero-order chi connectivity index (χ0) is 15.0. The standard InChI is InChI=1S/C14H14ClIN2O3/c15-9-5-8-7-17-18-13(8)10(6-9)14(20)3-1-11(16-21)12(19)2-4-14/h5-7,11,20H,1-4H2,(H,17,18). The summed E-state index contributed by atoms with van der Waals surface area (Å²) in [4.78, 5) is 11.9. The zero-order valence-electron chi connectivity index (χ0n) is 11.1. The summed E-state index contributed by atoms with van der Waals surface area (Å²) in [6.45, 7) is 0. The van der Waals surface area contributed by atoms with E-state index in [0.29, 0.717) is 29.8 Å². The molecule has 1 aromatic carbocycles. The van der Waals surface area contributed by atoms with Gasteiger partial charge >= 0.3 is 0 Å². The molecule has 7 heteroatoms. The number of rotatable bonds is 2. The molecule has 1 aliphatic rings. The molecule has 1 aliphatic carbocycles. The first kappa shape index (κ1) is 15.1. The first-order chi connectivity index (χ1) is 10.0. The Hall–Kier alpha value is -0.860. The molecule has 1 heterocycles.